The first-order chi connectivity index (χ1) is 11.7. The first-order valence-electron chi connectivity index (χ1n) is 7.76. The van der Waals surface area contributed by atoms with Crippen molar-refractivity contribution in [3.63, 3.8) is 0 Å². The number of carbonyl (C=O) groups excluding carboxylic acids is 1. The summed E-state index contributed by atoms with van der Waals surface area (Å²) in [4.78, 5) is 14.6. The van der Waals surface area contributed by atoms with E-state index in [2.05, 4.69) is 18.2 Å². The van der Waals surface area contributed by atoms with Gasteiger partial charge in [0, 0.05) is 29.7 Å². The van der Waals surface area contributed by atoms with E-state index >= 15 is 0 Å². The number of nitriles is 1. The van der Waals surface area contributed by atoms with E-state index in [9.17, 15) is 4.79 Å². The van der Waals surface area contributed by atoms with Gasteiger partial charge in [0.25, 0.3) is 5.91 Å². The molecule has 1 unspecified atom stereocenters. The highest BCUT2D eigenvalue weighted by atomic mass is 32.2. The van der Waals surface area contributed by atoms with Crippen LogP contribution in [0.2, 0.25) is 0 Å². The maximum Gasteiger partial charge on any atom is 0.253 e. The van der Waals surface area contributed by atoms with Gasteiger partial charge in [-0.2, -0.15) is 17.0 Å². The van der Waals surface area contributed by atoms with Crippen LogP contribution in [0.3, 0.4) is 0 Å². The second-order valence-corrected chi connectivity index (χ2v) is 6.89. The molecule has 1 amide bonds. The Morgan fingerprint density at radius 3 is 2.79 bits per heavy atom. The average Bonchev–Trinajstić information content (AvgIpc) is 2.67. The third kappa shape index (κ3) is 3.55. The van der Waals surface area contributed by atoms with Gasteiger partial charge in [-0.1, -0.05) is 18.2 Å². The Morgan fingerprint density at radius 1 is 1.29 bits per heavy atom. The third-order valence-corrected chi connectivity index (χ3v) is 5.32. The molecule has 0 N–H and O–H groups in total. The topological polar surface area (TPSA) is 53.3 Å². The second-order valence-electron chi connectivity index (χ2n) is 5.58. The second kappa shape index (κ2) is 7.41. The van der Waals surface area contributed by atoms with Crippen LogP contribution < -0.4 is 4.74 Å². The van der Waals surface area contributed by atoms with Crippen molar-refractivity contribution in [3.05, 3.63) is 65.2 Å². The van der Waals surface area contributed by atoms with Gasteiger partial charge in [-0.15, -0.1) is 0 Å². The Kier molecular flexibility index (Phi) is 5.07. The molecule has 1 aliphatic heterocycles. The van der Waals surface area contributed by atoms with E-state index in [-0.39, 0.29) is 11.2 Å². The summed E-state index contributed by atoms with van der Waals surface area (Å²) in [5.41, 5.74) is 2.29. The van der Waals surface area contributed by atoms with Crippen molar-refractivity contribution in [1.29, 1.82) is 5.26 Å². The number of rotatable bonds is 3. The molecule has 1 aliphatic rings. The standard InChI is InChI=1S/C19H18N2O2S/c1-23-17-7-5-15(6-8-17)18-13-21(9-10-24-18)19(22)16-4-2-3-14(11-16)12-20/h2-8,11,18H,9-10,13H2,1H3. The van der Waals surface area contributed by atoms with Gasteiger partial charge >= 0.3 is 0 Å². The average molecular weight is 338 g/mol. The van der Waals surface area contributed by atoms with Gasteiger partial charge < -0.3 is 9.64 Å². The Morgan fingerprint density at radius 2 is 2.08 bits per heavy atom. The molecule has 2 aromatic rings. The molecule has 2 aromatic carbocycles. The Hall–Kier alpha value is -2.45. The lowest BCUT2D eigenvalue weighted by Gasteiger charge is -2.32. The monoisotopic (exact) mass is 338 g/mol. The molecule has 0 spiro atoms. The van der Waals surface area contributed by atoms with Crippen molar-refractivity contribution in [2.45, 2.75) is 5.25 Å². The normalized spacial score (nSPS) is 17.2. The highest BCUT2D eigenvalue weighted by Crippen LogP contribution is 2.34. The summed E-state index contributed by atoms with van der Waals surface area (Å²) in [5, 5.41) is 9.26. The van der Waals surface area contributed by atoms with Crippen LogP contribution >= 0.6 is 11.8 Å². The number of hydrogen-bond donors (Lipinski definition) is 0. The fourth-order valence-electron chi connectivity index (χ4n) is 2.76. The minimum Gasteiger partial charge on any atom is -0.497 e. The molecule has 0 aromatic heterocycles. The molecule has 0 saturated carbocycles. The Balaban J connectivity index is 1.74. The molecular formula is C19H18N2O2S. The van der Waals surface area contributed by atoms with Gasteiger partial charge in [-0.25, -0.2) is 0 Å². The van der Waals surface area contributed by atoms with Gasteiger partial charge in [-0.3, -0.25) is 4.79 Å². The van der Waals surface area contributed by atoms with Crippen molar-refractivity contribution in [2.24, 2.45) is 0 Å². The van der Waals surface area contributed by atoms with Crippen molar-refractivity contribution in [2.75, 3.05) is 26.0 Å². The van der Waals surface area contributed by atoms with E-state index in [1.165, 1.54) is 5.56 Å². The zero-order chi connectivity index (χ0) is 16.9. The lowest BCUT2D eigenvalue weighted by Crippen LogP contribution is -2.39. The van der Waals surface area contributed by atoms with Crippen LogP contribution in [0.25, 0.3) is 0 Å². The first kappa shape index (κ1) is 16.4. The van der Waals surface area contributed by atoms with Crippen molar-refractivity contribution in [1.82, 2.24) is 4.90 Å². The summed E-state index contributed by atoms with van der Waals surface area (Å²) in [6.07, 6.45) is 0. The van der Waals surface area contributed by atoms with Gasteiger partial charge in [0.2, 0.25) is 0 Å². The zero-order valence-corrected chi connectivity index (χ0v) is 14.3. The highest BCUT2D eigenvalue weighted by molar-refractivity contribution is 7.99. The SMILES string of the molecule is COc1ccc(C2CN(C(=O)c3cccc(C#N)c3)CCS2)cc1. The molecule has 0 radical (unpaired) electrons. The summed E-state index contributed by atoms with van der Waals surface area (Å²) >= 11 is 1.87. The molecule has 122 valence electrons. The van der Waals surface area contributed by atoms with Crippen LogP contribution in [0, 0.1) is 11.3 Å². The number of ether oxygens (including phenoxy) is 1. The third-order valence-electron chi connectivity index (χ3n) is 4.08. The summed E-state index contributed by atoms with van der Waals surface area (Å²) in [7, 11) is 1.65. The number of amides is 1. The summed E-state index contributed by atoms with van der Waals surface area (Å²) in [6, 6.07) is 17.0. The molecular weight excluding hydrogens is 320 g/mol. The number of methoxy groups -OCH3 is 1. The molecule has 4 nitrogen and oxygen atoms in total. The summed E-state index contributed by atoms with van der Waals surface area (Å²) in [5.74, 6) is 1.73. The van der Waals surface area contributed by atoms with Crippen molar-refractivity contribution < 1.29 is 9.53 Å². The molecule has 0 bridgehead atoms. The molecule has 24 heavy (non-hydrogen) atoms. The molecule has 3 rings (SSSR count). The smallest absolute Gasteiger partial charge is 0.253 e. The highest BCUT2D eigenvalue weighted by Gasteiger charge is 2.26. The van der Waals surface area contributed by atoms with E-state index in [1.54, 1.807) is 31.4 Å². The van der Waals surface area contributed by atoms with Crippen LogP contribution in [-0.2, 0) is 0 Å². The van der Waals surface area contributed by atoms with E-state index in [0.717, 1.165) is 18.0 Å². The number of benzene rings is 2. The number of thioether (sulfide) groups is 1. The Labute approximate surface area is 146 Å². The molecule has 5 heteroatoms. The predicted octanol–water partition coefficient (Wildman–Crippen LogP) is 3.50. The molecule has 1 fully saturated rings. The number of hydrogen-bond acceptors (Lipinski definition) is 4. The van der Waals surface area contributed by atoms with Gasteiger partial charge in [0.15, 0.2) is 0 Å². The quantitative estimate of drug-likeness (QED) is 0.859. The van der Waals surface area contributed by atoms with Gasteiger partial charge in [0.05, 0.1) is 18.7 Å². The van der Waals surface area contributed by atoms with Crippen molar-refractivity contribution in [3.8, 4) is 11.8 Å². The summed E-state index contributed by atoms with van der Waals surface area (Å²) < 4.78 is 5.20. The zero-order valence-electron chi connectivity index (χ0n) is 13.4. The molecule has 1 heterocycles. The van der Waals surface area contributed by atoms with Gasteiger partial charge in [-0.05, 0) is 35.9 Å². The van der Waals surface area contributed by atoms with Crippen LogP contribution in [0.15, 0.2) is 48.5 Å². The van der Waals surface area contributed by atoms with E-state index in [4.69, 9.17) is 10.00 Å². The first-order valence-corrected chi connectivity index (χ1v) is 8.81. The minimum absolute atomic E-state index is 0.00842. The molecule has 0 aliphatic carbocycles. The maximum atomic E-state index is 12.7. The minimum atomic E-state index is -0.00842. The van der Waals surface area contributed by atoms with E-state index in [1.807, 2.05) is 28.8 Å². The Bertz CT molecular complexity index is 768. The van der Waals surface area contributed by atoms with Gasteiger partial charge in [0.1, 0.15) is 5.75 Å². The fourth-order valence-corrected chi connectivity index (χ4v) is 4.00. The maximum absolute atomic E-state index is 12.7. The molecule has 1 saturated heterocycles. The fraction of sp³-hybridized carbons (Fsp3) is 0.263. The van der Waals surface area contributed by atoms with Crippen LogP contribution in [-0.4, -0.2) is 36.8 Å². The van der Waals surface area contributed by atoms with Crippen LogP contribution in [0.5, 0.6) is 5.75 Å². The predicted molar refractivity (Wildman–Crippen MR) is 95.3 cm³/mol. The number of nitrogens with zero attached hydrogens (tertiary/aromatic N) is 2. The van der Waals surface area contributed by atoms with Crippen LogP contribution in [0.1, 0.15) is 26.7 Å². The lowest BCUT2D eigenvalue weighted by atomic mass is 10.1. The van der Waals surface area contributed by atoms with Crippen molar-refractivity contribution >= 4 is 17.7 Å². The lowest BCUT2D eigenvalue weighted by molar-refractivity contribution is 0.0761. The van der Waals surface area contributed by atoms with Crippen LogP contribution in [0.4, 0.5) is 0 Å². The van der Waals surface area contributed by atoms with E-state index < -0.39 is 0 Å². The molecule has 1 atom stereocenters. The largest absolute Gasteiger partial charge is 0.497 e. The number of carbonyl (C=O) groups is 1. The summed E-state index contributed by atoms with van der Waals surface area (Å²) in [6.45, 7) is 1.40. The van der Waals surface area contributed by atoms with E-state index in [0.29, 0.717) is 17.7 Å².